The summed E-state index contributed by atoms with van der Waals surface area (Å²) in [4.78, 5) is 0. The number of nitriles is 1. The van der Waals surface area contributed by atoms with Crippen molar-refractivity contribution < 1.29 is 28.5 Å². The van der Waals surface area contributed by atoms with E-state index in [1.807, 2.05) is 42.6 Å². The van der Waals surface area contributed by atoms with Crippen LogP contribution in [0.5, 0.6) is 0 Å². The minimum Gasteiger partial charge on any atom is -1.00 e. The second kappa shape index (κ2) is 5.61. The summed E-state index contributed by atoms with van der Waals surface area (Å²) in [6, 6.07) is 11.9. The van der Waals surface area contributed by atoms with Gasteiger partial charge in [0.05, 0.1) is 11.6 Å². The molecule has 2 nitrogen and oxygen atoms in total. The molecule has 0 radical (unpaired) electrons. The number of rotatable bonds is 2. The van der Waals surface area contributed by atoms with Crippen molar-refractivity contribution in [1.82, 2.24) is 0 Å². The Morgan fingerprint density at radius 3 is 2.88 bits per heavy atom. The average molecular weight is 322 g/mol. The van der Waals surface area contributed by atoms with E-state index in [1.165, 1.54) is 0 Å². The highest BCUT2D eigenvalue weighted by Crippen LogP contribution is 2.11. The van der Waals surface area contributed by atoms with Crippen molar-refractivity contribution in [1.29, 1.82) is 5.26 Å². The Balaban J connectivity index is 0.00000128. The molecule has 16 heavy (non-hydrogen) atoms. The van der Waals surface area contributed by atoms with E-state index >= 15 is 0 Å². The van der Waals surface area contributed by atoms with Gasteiger partial charge in [-0.1, -0.05) is 6.58 Å². The smallest absolute Gasteiger partial charge is 0.214 e. The summed E-state index contributed by atoms with van der Waals surface area (Å²) in [5.41, 5.74) is 1.75. The maximum absolute atomic E-state index is 8.84. The fraction of sp³-hybridized carbons (Fsp3) is 0.0769. The van der Waals surface area contributed by atoms with Gasteiger partial charge in [0, 0.05) is 17.5 Å². The fourth-order valence-electron chi connectivity index (χ4n) is 1.63. The van der Waals surface area contributed by atoms with Crippen LogP contribution >= 0.6 is 0 Å². The van der Waals surface area contributed by atoms with Crippen LogP contribution in [0.2, 0.25) is 0 Å². The van der Waals surface area contributed by atoms with Crippen molar-refractivity contribution in [3.63, 3.8) is 0 Å². The molecule has 3 heteroatoms. The molecule has 0 saturated carbocycles. The predicted octanol–water partition coefficient (Wildman–Crippen LogP) is -0.811. The Kier molecular flexibility index (Phi) is 4.44. The molecular weight excluding hydrogens is 311 g/mol. The van der Waals surface area contributed by atoms with Crippen molar-refractivity contribution >= 4 is 10.9 Å². The van der Waals surface area contributed by atoms with Gasteiger partial charge in [-0.25, -0.2) is 0 Å². The first-order chi connectivity index (χ1) is 7.35. The summed E-state index contributed by atoms with van der Waals surface area (Å²) < 4.78 is 2.07. The van der Waals surface area contributed by atoms with Crippen molar-refractivity contribution in [2.45, 2.75) is 6.54 Å². The monoisotopic (exact) mass is 322 g/mol. The summed E-state index contributed by atoms with van der Waals surface area (Å²) in [6.07, 6.45) is 3.84. The Morgan fingerprint density at radius 2 is 2.19 bits per heavy atom. The number of fused-ring (bicyclic) bond motifs is 1. The van der Waals surface area contributed by atoms with Gasteiger partial charge in [0.2, 0.25) is 5.52 Å². The van der Waals surface area contributed by atoms with Crippen LogP contribution in [0.15, 0.2) is 49.2 Å². The average Bonchev–Trinajstić information content (AvgIpc) is 2.29. The van der Waals surface area contributed by atoms with Crippen LogP contribution in [0.25, 0.3) is 10.9 Å². The number of hydrogen-bond acceptors (Lipinski definition) is 1. The molecule has 0 aliphatic heterocycles. The normalized spacial score (nSPS) is 9.19. The summed E-state index contributed by atoms with van der Waals surface area (Å²) in [6.45, 7) is 4.48. The van der Waals surface area contributed by atoms with Gasteiger partial charge in [-0.2, -0.15) is 9.83 Å². The number of nitrogens with zero attached hydrogens (tertiary/aromatic N) is 2. The first-order valence-electron chi connectivity index (χ1n) is 4.78. The molecule has 0 fully saturated rings. The largest absolute Gasteiger partial charge is 1.00 e. The molecule has 1 aromatic carbocycles. The number of halogens is 1. The second-order valence-corrected chi connectivity index (χ2v) is 3.33. The Hall–Kier alpha value is -1.41. The maximum atomic E-state index is 8.84. The highest BCUT2D eigenvalue weighted by atomic mass is 127. The van der Waals surface area contributed by atoms with Crippen LogP contribution in [-0.2, 0) is 6.54 Å². The number of hydrogen-bond donors (Lipinski definition) is 0. The van der Waals surface area contributed by atoms with Gasteiger partial charge in [-0.05, 0) is 24.3 Å². The van der Waals surface area contributed by atoms with Crippen LogP contribution in [-0.4, -0.2) is 0 Å². The zero-order chi connectivity index (χ0) is 10.7. The fourth-order valence-corrected chi connectivity index (χ4v) is 1.63. The van der Waals surface area contributed by atoms with Gasteiger partial charge >= 0.3 is 0 Å². The maximum Gasteiger partial charge on any atom is 0.214 e. The van der Waals surface area contributed by atoms with Crippen molar-refractivity contribution in [2.75, 3.05) is 0 Å². The Bertz CT molecular complexity index is 555. The summed E-state index contributed by atoms with van der Waals surface area (Å²) in [5, 5.41) is 9.98. The lowest BCUT2D eigenvalue weighted by Gasteiger charge is -1.98. The van der Waals surface area contributed by atoms with Gasteiger partial charge in [-0.15, -0.1) is 0 Å². The minimum absolute atomic E-state index is 0. The van der Waals surface area contributed by atoms with E-state index < -0.39 is 0 Å². The van der Waals surface area contributed by atoms with Crippen LogP contribution in [0.4, 0.5) is 0 Å². The van der Waals surface area contributed by atoms with Crippen molar-refractivity contribution in [3.05, 3.63) is 54.7 Å². The molecule has 0 bridgehead atoms. The number of aromatic nitrogens is 1. The molecule has 80 valence electrons. The molecule has 0 spiro atoms. The molecule has 0 aliphatic carbocycles. The van der Waals surface area contributed by atoms with E-state index in [0.717, 1.165) is 17.4 Å². The lowest BCUT2D eigenvalue weighted by atomic mass is 10.1. The summed E-state index contributed by atoms with van der Waals surface area (Å²) in [5.74, 6) is 0. The molecule has 0 amide bonds. The molecule has 2 aromatic rings. The molecule has 0 aliphatic rings. The summed E-state index contributed by atoms with van der Waals surface area (Å²) in [7, 11) is 0. The van der Waals surface area contributed by atoms with Crippen LogP contribution < -0.4 is 28.5 Å². The third-order valence-electron chi connectivity index (χ3n) is 2.34. The Labute approximate surface area is 112 Å². The quantitative estimate of drug-likeness (QED) is 0.404. The van der Waals surface area contributed by atoms with Gasteiger partial charge in [0.15, 0.2) is 12.7 Å². The molecule has 0 N–H and O–H groups in total. The molecule has 0 unspecified atom stereocenters. The number of benzene rings is 1. The van der Waals surface area contributed by atoms with E-state index in [0.29, 0.717) is 5.56 Å². The Morgan fingerprint density at radius 1 is 1.38 bits per heavy atom. The van der Waals surface area contributed by atoms with E-state index in [9.17, 15) is 0 Å². The first kappa shape index (κ1) is 12.7. The first-order valence-corrected chi connectivity index (χ1v) is 4.78. The predicted molar refractivity (Wildman–Crippen MR) is 59.1 cm³/mol. The molecule has 0 saturated heterocycles. The molecule has 1 aromatic heterocycles. The standard InChI is InChI=1S/C13H11N2.HI/c1-2-7-15-8-3-4-12-6-5-11(10-14)9-13(12)15;/h2-6,8-9H,1,7H2;1H/q+1;/p-1. The minimum atomic E-state index is 0. The van der Waals surface area contributed by atoms with Crippen LogP contribution in [0.1, 0.15) is 5.56 Å². The van der Waals surface area contributed by atoms with Crippen LogP contribution in [0, 0.1) is 11.3 Å². The zero-order valence-electron chi connectivity index (χ0n) is 8.73. The zero-order valence-corrected chi connectivity index (χ0v) is 10.9. The van der Waals surface area contributed by atoms with E-state index in [1.54, 1.807) is 0 Å². The van der Waals surface area contributed by atoms with E-state index in [4.69, 9.17) is 5.26 Å². The van der Waals surface area contributed by atoms with Gasteiger partial charge < -0.3 is 24.0 Å². The van der Waals surface area contributed by atoms with Gasteiger partial charge in [-0.3, -0.25) is 0 Å². The molecule has 2 rings (SSSR count). The van der Waals surface area contributed by atoms with Crippen molar-refractivity contribution in [2.24, 2.45) is 0 Å². The van der Waals surface area contributed by atoms with E-state index in [-0.39, 0.29) is 24.0 Å². The third-order valence-corrected chi connectivity index (χ3v) is 2.34. The lowest BCUT2D eigenvalue weighted by Crippen LogP contribution is -3.00. The number of pyridine rings is 1. The van der Waals surface area contributed by atoms with Gasteiger partial charge in [0.25, 0.3) is 0 Å². The van der Waals surface area contributed by atoms with Gasteiger partial charge in [0.1, 0.15) is 0 Å². The molecule has 0 atom stereocenters. The topological polar surface area (TPSA) is 27.7 Å². The lowest BCUT2D eigenvalue weighted by molar-refractivity contribution is -0.660. The van der Waals surface area contributed by atoms with Crippen molar-refractivity contribution in [3.8, 4) is 6.07 Å². The summed E-state index contributed by atoms with van der Waals surface area (Å²) >= 11 is 0. The second-order valence-electron chi connectivity index (χ2n) is 3.33. The van der Waals surface area contributed by atoms with Crippen LogP contribution in [0.3, 0.4) is 0 Å². The third kappa shape index (κ3) is 2.39. The SMILES string of the molecule is C=CC[n+]1cccc2ccc(C#N)cc21.[I-]. The van der Waals surface area contributed by atoms with E-state index in [2.05, 4.69) is 17.2 Å². The molecule has 1 heterocycles. The molecular formula is C13H11IN2. The highest BCUT2D eigenvalue weighted by molar-refractivity contribution is 5.76. The highest BCUT2D eigenvalue weighted by Gasteiger charge is 2.06. The number of allylic oxidation sites excluding steroid dienone is 1.